The average Bonchev–Trinajstić information content (AvgIpc) is 1.94. The van der Waals surface area contributed by atoms with E-state index in [9.17, 15) is 5.11 Å². The minimum atomic E-state index is 0. The molecule has 13 heavy (non-hydrogen) atoms. The van der Waals surface area contributed by atoms with Crippen LogP contribution in [0.2, 0.25) is 0 Å². The Morgan fingerprint density at radius 3 is 2.08 bits per heavy atom. The van der Waals surface area contributed by atoms with E-state index in [0.29, 0.717) is 11.7 Å². The Balaban J connectivity index is 0. The molecule has 0 bridgehead atoms. The number of phenols is 1. The van der Waals surface area contributed by atoms with E-state index >= 15 is 0 Å². The van der Waals surface area contributed by atoms with Gasteiger partial charge < -0.3 is 5.11 Å². The first kappa shape index (κ1) is 16.4. The SMILES string of the molecule is Cc1ccc(C(C)C)cc1O.[Na].[Na]. The monoisotopic (exact) mass is 196 g/mol. The zero-order chi connectivity index (χ0) is 8.43. The van der Waals surface area contributed by atoms with Crippen LogP contribution < -0.4 is 0 Å². The fraction of sp³-hybridized carbons (Fsp3) is 0.400. The van der Waals surface area contributed by atoms with Crippen LogP contribution in [-0.4, -0.2) is 64.2 Å². The van der Waals surface area contributed by atoms with Gasteiger partial charge in [-0.1, -0.05) is 26.0 Å². The van der Waals surface area contributed by atoms with Crippen molar-refractivity contribution in [1.29, 1.82) is 0 Å². The molecule has 1 aromatic carbocycles. The summed E-state index contributed by atoms with van der Waals surface area (Å²) in [6.07, 6.45) is 0. The van der Waals surface area contributed by atoms with Gasteiger partial charge >= 0.3 is 0 Å². The Labute approximate surface area is 125 Å². The first-order valence-corrected chi connectivity index (χ1v) is 3.91. The minimum Gasteiger partial charge on any atom is -0.508 e. The summed E-state index contributed by atoms with van der Waals surface area (Å²) in [4.78, 5) is 0. The molecule has 0 aliphatic carbocycles. The molecule has 1 aromatic rings. The smallest absolute Gasteiger partial charge is 0.118 e. The van der Waals surface area contributed by atoms with Crippen LogP contribution in [0.3, 0.4) is 0 Å². The maximum atomic E-state index is 9.35. The number of benzene rings is 1. The molecule has 62 valence electrons. The van der Waals surface area contributed by atoms with Gasteiger partial charge in [0, 0.05) is 59.1 Å². The van der Waals surface area contributed by atoms with Crippen LogP contribution in [0.1, 0.15) is 30.9 Å². The van der Waals surface area contributed by atoms with Crippen LogP contribution in [0.25, 0.3) is 0 Å². The standard InChI is InChI=1S/C10H14O.2Na/c1-7(2)9-5-4-8(3)10(11)6-9;;/h4-7,11H,1-3H3;;. The van der Waals surface area contributed by atoms with Crippen molar-refractivity contribution in [2.24, 2.45) is 0 Å². The first-order chi connectivity index (χ1) is 5.11. The summed E-state index contributed by atoms with van der Waals surface area (Å²) in [6, 6.07) is 5.84. The van der Waals surface area contributed by atoms with Crippen molar-refractivity contribution < 1.29 is 5.11 Å². The first-order valence-electron chi connectivity index (χ1n) is 3.91. The molecule has 0 spiro atoms. The number of aromatic hydroxyl groups is 1. The predicted octanol–water partition coefficient (Wildman–Crippen LogP) is 2.06. The summed E-state index contributed by atoms with van der Waals surface area (Å²) in [7, 11) is 0. The third-order valence-electron chi connectivity index (χ3n) is 1.90. The van der Waals surface area contributed by atoms with Crippen LogP contribution in [0.15, 0.2) is 18.2 Å². The molecule has 0 heterocycles. The summed E-state index contributed by atoms with van der Waals surface area (Å²) in [5.41, 5.74) is 2.13. The molecule has 0 unspecified atom stereocenters. The van der Waals surface area contributed by atoms with E-state index in [1.807, 2.05) is 19.1 Å². The number of phenolic OH excluding ortho intramolecular Hbond substituents is 1. The van der Waals surface area contributed by atoms with Crippen LogP contribution in [0.5, 0.6) is 5.75 Å². The molecular formula is C10H14Na2O. The maximum absolute atomic E-state index is 9.35. The Bertz CT molecular complexity index is 259. The maximum Gasteiger partial charge on any atom is 0.118 e. The molecule has 0 aromatic heterocycles. The Hall–Kier alpha value is 1.02. The molecule has 1 N–H and O–H groups in total. The molecular weight excluding hydrogens is 182 g/mol. The van der Waals surface area contributed by atoms with Crippen molar-refractivity contribution in [3.63, 3.8) is 0 Å². The van der Waals surface area contributed by atoms with Gasteiger partial charge in [0.2, 0.25) is 0 Å². The topological polar surface area (TPSA) is 20.2 Å². The summed E-state index contributed by atoms with van der Waals surface area (Å²) in [5, 5.41) is 9.35. The van der Waals surface area contributed by atoms with Crippen molar-refractivity contribution in [2.45, 2.75) is 26.7 Å². The normalized spacial score (nSPS) is 8.92. The van der Waals surface area contributed by atoms with Crippen molar-refractivity contribution in [3.8, 4) is 5.75 Å². The molecule has 0 aliphatic heterocycles. The van der Waals surface area contributed by atoms with Gasteiger partial charge in [0.15, 0.2) is 0 Å². The van der Waals surface area contributed by atoms with Gasteiger partial charge in [-0.25, -0.2) is 0 Å². The van der Waals surface area contributed by atoms with Crippen LogP contribution in [-0.2, 0) is 0 Å². The van der Waals surface area contributed by atoms with Crippen molar-refractivity contribution in [2.75, 3.05) is 0 Å². The van der Waals surface area contributed by atoms with E-state index in [0.717, 1.165) is 5.56 Å². The average molecular weight is 196 g/mol. The summed E-state index contributed by atoms with van der Waals surface area (Å²) >= 11 is 0. The third kappa shape index (κ3) is 4.87. The van der Waals surface area contributed by atoms with Crippen LogP contribution >= 0.6 is 0 Å². The number of hydrogen-bond acceptors (Lipinski definition) is 1. The van der Waals surface area contributed by atoms with Gasteiger partial charge in [-0.3, -0.25) is 0 Å². The minimum absolute atomic E-state index is 0. The second kappa shape index (κ2) is 7.33. The fourth-order valence-corrected chi connectivity index (χ4v) is 0.986. The fourth-order valence-electron chi connectivity index (χ4n) is 0.986. The summed E-state index contributed by atoms with van der Waals surface area (Å²) in [6.45, 7) is 6.13. The number of aryl methyl sites for hydroxylation is 1. The second-order valence-electron chi connectivity index (χ2n) is 3.20. The van der Waals surface area contributed by atoms with E-state index in [4.69, 9.17) is 0 Å². The van der Waals surface area contributed by atoms with Gasteiger partial charge in [0.1, 0.15) is 5.75 Å². The molecule has 3 heteroatoms. The zero-order valence-electron chi connectivity index (χ0n) is 9.26. The molecule has 0 atom stereocenters. The molecule has 0 saturated carbocycles. The quantitative estimate of drug-likeness (QED) is 0.682. The van der Waals surface area contributed by atoms with Gasteiger partial charge in [0.05, 0.1) is 0 Å². The Morgan fingerprint density at radius 1 is 1.15 bits per heavy atom. The van der Waals surface area contributed by atoms with E-state index < -0.39 is 0 Å². The van der Waals surface area contributed by atoms with E-state index in [1.54, 1.807) is 0 Å². The van der Waals surface area contributed by atoms with E-state index in [-0.39, 0.29) is 59.1 Å². The van der Waals surface area contributed by atoms with Gasteiger partial charge in [-0.2, -0.15) is 0 Å². The predicted molar refractivity (Wildman–Crippen MR) is 58.4 cm³/mol. The molecule has 0 amide bonds. The Kier molecular flexibility index (Phi) is 9.27. The molecule has 1 rings (SSSR count). The van der Waals surface area contributed by atoms with Gasteiger partial charge in [-0.15, -0.1) is 0 Å². The van der Waals surface area contributed by atoms with Crippen molar-refractivity contribution in [3.05, 3.63) is 29.3 Å². The second-order valence-corrected chi connectivity index (χ2v) is 3.20. The van der Waals surface area contributed by atoms with E-state index in [2.05, 4.69) is 19.9 Å². The zero-order valence-corrected chi connectivity index (χ0v) is 13.3. The van der Waals surface area contributed by atoms with Gasteiger partial charge in [0.25, 0.3) is 0 Å². The van der Waals surface area contributed by atoms with Crippen molar-refractivity contribution >= 4 is 59.1 Å². The van der Waals surface area contributed by atoms with Crippen molar-refractivity contribution in [1.82, 2.24) is 0 Å². The number of hydrogen-bond donors (Lipinski definition) is 1. The van der Waals surface area contributed by atoms with Crippen LogP contribution in [0, 0.1) is 6.92 Å². The number of rotatable bonds is 1. The summed E-state index contributed by atoms with van der Waals surface area (Å²) < 4.78 is 0. The van der Waals surface area contributed by atoms with Crippen LogP contribution in [0.4, 0.5) is 0 Å². The Morgan fingerprint density at radius 2 is 1.69 bits per heavy atom. The summed E-state index contributed by atoms with van der Waals surface area (Å²) in [5.74, 6) is 0.887. The molecule has 2 radical (unpaired) electrons. The molecule has 0 aliphatic rings. The molecule has 1 nitrogen and oxygen atoms in total. The van der Waals surface area contributed by atoms with E-state index in [1.165, 1.54) is 5.56 Å². The van der Waals surface area contributed by atoms with Gasteiger partial charge in [-0.05, 0) is 30.0 Å². The molecule has 0 saturated heterocycles. The third-order valence-corrected chi connectivity index (χ3v) is 1.90. The molecule has 0 fully saturated rings. The largest absolute Gasteiger partial charge is 0.508 e.